The number of aromatic nitrogens is 4. The lowest BCUT2D eigenvalue weighted by molar-refractivity contribution is 0.0829. The molecule has 1 saturated heterocycles. The average Bonchev–Trinajstić information content (AvgIpc) is 3.31. The Balaban J connectivity index is 1.33. The first-order valence-electron chi connectivity index (χ1n) is 14.5. The molecule has 222 valence electrons. The SMILES string of the molecule is CC(CC(C)(C)C)OC(=O)n1c(N(C)C2CCN(c3nc4ccccc4n3Cc3ccc(F)cc3)CC2)nccc1=O. The van der Waals surface area contributed by atoms with Gasteiger partial charge in [0, 0.05) is 38.4 Å². The van der Waals surface area contributed by atoms with E-state index in [4.69, 9.17) is 9.72 Å². The molecular weight excluding hydrogens is 535 g/mol. The summed E-state index contributed by atoms with van der Waals surface area (Å²) < 4.78 is 22.4. The highest BCUT2D eigenvalue weighted by Crippen LogP contribution is 2.29. The quantitative estimate of drug-likeness (QED) is 0.280. The van der Waals surface area contributed by atoms with E-state index in [1.165, 1.54) is 24.4 Å². The van der Waals surface area contributed by atoms with Gasteiger partial charge >= 0.3 is 6.09 Å². The Kier molecular flexibility index (Phi) is 8.34. The molecule has 2 aromatic carbocycles. The van der Waals surface area contributed by atoms with Crippen molar-refractivity contribution in [2.75, 3.05) is 29.9 Å². The summed E-state index contributed by atoms with van der Waals surface area (Å²) in [7, 11) is 1.87. The maximum absolute atomic E-state index is 13.5. The van der Waals surface area contributed by atoms with Crippen LogP contribution in [0.4, 0.5) is 21.1 Å². The molecule has 5 rings (SSSR count). The number of benzene rings is 2. The maximum atomic E-state index is 13.5. The molecule has 0 saturated carbocycles. The van der Waals surface area contributed by atoms with Crippen molar-refractivity contribution in [2.45, 2.75) is 65.6 Å². The lowest BCUT2D eigenvalue weighted by Crippen LogP contribution is -2.46. The summed E-state index contributed by atoms with van der Waals surface area (Å²) >= 11 is 0. The number of hydrogen-bond acceptors (Lipinski definition) is 7. The van der Waals surface area contributed by atoms with Gasteiger partial charge in [0.25, 0.3) is 5.56 Å². The minimum Gasteiger partial charge on any atom is -0.446 e. The van der Waals surface area contributed by atoms with Crippen LogP contribution in [0.25, 0.3) is 11.0 Å². The van der Waals surface area contributed by atoms with Crippen LogP contribution in [0.3, 0.4) is 0 Å². The van der Waals surface area contributed by atoms with E-state index in [1.54, 1.807) is 12.1 Å². The molecule has 1 unspecified atom stereocenters. The van der Waals surface area contributed by atoms with Crippen molar-refractivity contribution < 1.29 is 13.9 Å². The second-order valence-corrected chi connectivity index (χ2v) is 12.3. The van der Waals surface area contributed by atoms with Crippen LogP contribution in [-0.2, 0) is 11.3 Å². The summed E-state index contributed by atoms with van der Waals surface area (Å²) in [6, 6.07) is 15.9. The van der Waals surface area contributed by atoms with Gasteiger partial charge in [0.15, 0.2) is 0 Å². The molecule has 42 heavy (non-hydrogen) atoms. The third kappa shape index (κ3) is 6.48. The molecule has 1 atom stereocenters. The molecule has 10 heteroatoms. The molecule has 4 aromatic rings. The standard InChI is InChI=1S/C32H39FN6O3/c1-22(20-32(2,3)4)42-31(41)39-28(40)14-17-34-29(39)36(5)25-15-18-37(19-16-25)30-35-26-8-6-7-9-27(26)38(30)21-23-10-12-24(33)13-11-23/h6-14,17,22,25H,15-16,18-21H2,1-5H3. The number of anilines is 2. The normalized spacial score (nSPS) is 15.1. The molecule has 1 fully saturated rings. The maximum Gasteiger partial charge on any atom is 0.424 e. The monoisotopic (exact) mass is 574 g/mol. The Bertz CT molecular complexity index is 1600. The van der Waals surface area contributed by atoms with E-state index in [-0.39, 0.29) is 29.3 Å². The minimum absolute atomic E-state index is 0.0211. The number of nitrogens with zero attached hydrogens (tertiary/aromatic N) is 6. The largest absolute Gasteiger partial charge is 0.446 e. The fourth-order valence-corrected chi connectivity index (χ4v) is 5.80. The number of para-hydroxylation sites is 2. The first kappa shape index (κ1) is 29.3. The molecule has 0 N–H and O–H groups in total. The molecule has 0 bridgehead atoms. The highest BCUT2D eigenvalue weighted by atomic mass is 19.1. The highest BCUT2D eigenvalue weighted by molar-refractivity contribution is 5.79. The Morgan fingerprint density at radius 2 is 1.79 bits per heavy atom. The van der Waals surface area contributed by atoms with Crippen LogP contribution in [0.1, 0.15) is 52.5 Å². The Hall–Kier alpha value is -4.21. The summed E-state index contributed by atoms with van der Waals surface area (Å²) in [5.74, 6) is 0.886. The van der Waals surface area contributed by atoms with E-state index in [2.05, 4.69) is 41.3 Å². The van der Waals surface area contributed by atoms with E-state index >= 15 is 0 Å². The molecule has 0 radical (unpaired) electrons. The zero-order valence-electron chi connectivity index (χ0n) is 25.0. The second-order valence-electron chi connectivity index (χ2n) is 12.3. The number of hydrogen-bond donors (Lipinski definition) is 0. The van der Waals surface area contributed by atoms with E-state index in [9.17, 15) is 14.0 Å². The lowest BCUT2D eigenvalue weighted by Gasteiger charge is -2.38. The first-order chi connectivity index (χ1) is 20.0. The smallest absolute Gasteiger partial charge is 0.424 e. The molecule has 2 aromatic heterocycles. The number of ether oxygens (including phenoxy) is 1. The molecule has 3 heterocycles. The highest BCUT2D eigenvalue weighted by Gasteiger charge is 2.30. The summed E-state index contributed by atoms with van der Waals surface area (Å²) in [6.07, 6.45) is 2.60. The number of halogens is 1. The fraction of sp³-hybridized carbons (Fsp3) is 0.438. The zero-order valence-corrected chi connectivity index (χ0v) is 25.0. The van der Waals surface area contributed by atoms with Gasteiger partial charge in [-0.2, -0.15) is 4.57 Å². The number of fused-ring (bicyclic) bond motifs is 1. The molecule has 9 nitrogen and oxygen atoms in total. The average molecular weight is 575 g/mol. The minimum atomic E-state index is -0.710. The van der Waals surface area contributed by atoms with Gasteiger partial charge in [0.2, 0.25) is 11.9 Å². The predicted octanol–water partition coefficient (Wildman–Crippen LogP) is 5.70. The van der Waals surface area contributed by atoms with Crippen LogP contribution in [-0.4, -0.2) is 57.5 Å². The van der Waals surface area contributed by atoms with Crippen LogP contribution in [0.15, 0.2) is 65.6 Å². The Morgan fingerprint density at radius 3 is 2.48 bits per heavy atom. The van der Waals surface area contributed by atoms with Gasteiger partial charge in [-0.1, -0.05) is 45.0 Å². The number of piperidine rings is 1. The van der Waals surface area contributed by atoms with Crippen LogP contribution in [0.5, 0.6) is 0 Å². The predicted molar refractivity (Wildman–Crippen MR) is 163 cm³/mol. The fourth-order valence-electron chi connectivity index (χ4n) is 5.80. The van der Waals surface area contributed by atoms with E-state index in [0.717, 1.165) is 53.0 Å². The summed E-state index contributed by atoms with van der Waals surface area (Å²) in [5.41, 5.74) is 2.43. The van der Waals surface area contributed by atoms with Crippen molar-refractivity contribution in [3.63, 3.8) is 0 Å². The van der Waals surface area contributed by atoms with Gasteiger partial charge in [-0.25, -0.2) is 19.2 Å². The number of imidazole rings is 1. The van der Waals surface area contributed by atoms with E-state index in [1.807, 2.05) is 37.1 Å². The van der Waals surface area contributed by atoms with Gasteiger partial charge in [0.05, 0.1) is 17.6 Å². The summed E-state index contributed by atoms with van der Waals surface area (Å²) in [6.45, 7) is 10.1. The summed E-state index contributed by atoms with van der Waals surface area (Å²) in [5, 5.41) is 0. The van der Waals surface area contributed by atoms with E-state index in [0.29, 0.717) is 13.0 Å². The van der Waals surface area contributed by atoms with Gasteiger partial charge in [-0.3, -0.25) is 4.79 Å². The van der Waals surface area contributed by atoms with Gasteiger partial charge in [0.1, 0.15) is 11.9 Å². The van der Waals surface area contributed by atoms with E-state index < -0.39 is 11.7 Å². The van der Waals surface area contributed by atoms with Gasteiger partial charge in [-0.05, 0) is 61.4 Å². The van der Waals surface area contributed by atoms with Crippen LogP contribution in [0, 0.1) is 11.2 Å². The van der Waals surface area contributed by atoms with Crippen LogP contribution < -0.4 is 15.4 Å². The molecular formula is C32H39FN6O3. The van der Waals surface area contributed by atoms with Crippen molar-refractivity contribution >= 4 is 29.0 Å². The van der Waals surface area contributed by atoms with Crippen molar-refractivity contribution in [1.29, 1.82) is 0 Å². The molecule has 0 amide bonds. The topological polar surface area (TPSA) is 85.5 Å². The third-order valence-corrected chi connectivity index (χ3v) is 7.71. The molecule has 0 aliphatic carbocycles. The summed E-state index contributed by atoms with van der Waals surface area (Å²) in [4.78, 5) is 39.5. The number of carbonyl (C=O) groups excluding carboxylic acids is 1. The van der Waals surface area contributed by atoms with Crippen LogP contribution >= 0.6 is 0 Å². The molecule has 0 spiro atoms. The van der Waals surface area contributed by atoms with Gasteiger partial charge in [-0.15, -0.1) is 0 Å². The van der Waals surface area contributed by atoms with Crippen LogP contribution in [0.2, 0.25) is 0 Å². The molecule has 1 aliphatic heterocycles. The second kappa shape index (κ2) is 12.0. The van der Waals surface area contributed by atoms with Crippen molar-refractivity contribution in [1.82, 2.24) is 19.1 Å². The lowest BCUT2D eigenvalue weighted by atomic mass is 9.90. The third-order valence-electron chi connectivity index (χ3n) is 7.71. The Morgan fingerprint density at radius 1 is 1.10 bits per heavy atom. The number of rotatable bonds is 7. The first-order valence-corrected chi connectivity index (χ1v) is 14.5. The van der Waals surface area contributed by atoms with Crippen molar-refractivity contribution in [3.05, 3.63) is 82.5 Å². The van der Waals surface area contributed by atoms with Crippen molar-refractivity contribution in [3.8, 4) is 0 Å². The molecule has 1 aliphatic rings. The number of carbonyl (C=O) groups is 1. The van der Waals surface area contributed by atoms with Crippen molar-refractivity contribution in [2.24, 2.45) is 5.41 Å². The van der Waals surface area contributed by atoms with Gasteiger partial charge < -0.3 is 19.1 Å². The Labute approximate surface area is 245 Å². The zero-order chi connectivity index (χ0) is 30.0.